The van der Waals surface area contributed by atoms with Crippen molar-refractivity contribution in [3.05, 3.63) is 119 Å². The fourth-order valence-electron chi connectivity index (χ4n) is 5.59. The second kappa shape index (κ2) is 12.7. The molecule has 0 amide bonds. The van der Waals surface area contributed by atoms with Crippen LogP contribution in [0.2, 0.25) is 0 Å². The van der Waals surface area contributed by atoms with Crippen molar-refractivity contribution in [1.29, 1.82) is 0 Å². The minimum absolute atomic E-state index is 0.179. The van der Waals surface area contributed by atoms with Crippen molar-refractivity contribution in [3.8, 4) is 22.6 Å². The molecule has 0 bridgehead atoms. The second-order valence-electron chi connectivity index (χ2n) is 11.4. The first-order valence-corrected chi connectivity index (χ1v) is 15.2. The van der Waals surface area contributed by atoms with Gasteiger partial charge in [-0.15, -0.1) is 0 Å². The van der Waals surface area contributed by atoms with Gasteiger partial charge in [-0.3, -0.25) is 14.3 Å². The maximum absolute atomic E-state index is 14.1. The summed E-state index contributed by atoms with van der Waals surface area (Å²) in [7, 11) is 2.15. The van der Waals surface area contributed by atoms with Gasteiger partial charge in [-0.2, -0.15) is 15.2 Å². The van der Waals surface area contributed by atoms with Crippen molar-refractivity contribution in [3.63, 3.8) is 0 Å². The Bertz CT molecular complexity index is 2040. The van der Waals surface area contributed by atoms with Crippen LogP contribution in [-0.2, 0) is 6.54 Å². The first-order valence-electron chi connectivity index (χ1n) is 15.2. The van der Waals surface area contributed by atoms with Gasteiger partial charge in [-0.05, 0) is 73.6 Å². The number of pyridine rings is 2. The molecule has 1 aliphatic heterocycles. The number of rotatable bonds is 8. The van der Waals surface area contributed by atoms with Crippen LogP contribution in [0.25, 0.3) is 22.2 Å². The monoisotopic (exact) mass is 611 g/mol. The fourth-order valence-corrected chi connectivity index (χ4v) is 5.59. The third-order valence-corrected chi connectivity index (χ3v) is 8.23. The van der Waals surface area contributed by atoms with Crippen LogP contribution in [0.3, 0.4) is 0 Å². The number of fused-ring (bicyclic) bond motifs is 1. The maximum atomic E-state index is 14.1. The predicted molar refractivity (Wildman–Crippen MR) is 179 cm³/mol. The average molecular weight is 612 g/mol. The molecule has 0 spiro atoms. The topological polar surface area (TPSA) is 114 Å². The third kappa shape index (κ3) is 6.13. The summed E-state index contributed by atoms with van der Waals surface area (Å²) in [6.07, 6.45) is 8.52. The standard InChI is InChI=1S/C35H33N9O2/c1-24-5-3-4-6-31(24)46-32-19-26-20-37-35(40-28-7-9-29(10-8-28)43-17-15-42(2)16-18-43)41-33(26)44(34(32)45)23-27-21-38-39-22-30(27)25-11-13-36-14-12-25/h3-14,19-22H,15-18,23H2,1-2H3,(H,37,40,41). The van der Waals surface area contributed by atoms with Crippen molar-refractivity contribution in [2.45, 2.75) is 13.5 Å². The lowest BCUT2D eigenvalue weighted by molar-refractivity contribution is 0.313. The number of para-hydroxylation sites is 1. The quantitative estimate of drug-likeness (QED) is 0.244. The van der Waals surface area contributed by atoms with E-state index >= 15 is 0 Å². The van der Waals surface area contributed by atoms with Crippen LogP contribution in [0.4, 0.5) is 17.3 Å². The van der Waals surface area contributed by atoms with E-state index in [1.54, 1.807) is 41.6 Å². The molecule has 1 fully saturated rings. The van der Waals surface area contributed by atoms with Crippen molar-refractivity contribution in [2.24, 2.45) is 0 Å². The number of aryl methyl sites for hydroxylation is 1. The number of benzene rings is 2. The highest BCUT2D eigenvalue weighted by atomic mass is 16.5. The summed E-state index contributed by atoms with van der Waals surface area (Å²) in [5, 5.41) is 12.2. The van der Waals surface area contributed by atoms with E-state index in [0.717, 1.165) is 54.1 Å². The van der Waals surface area contributed by atoms with Crippen molar-refractivity contribution >= 4 is 28.4 Å². The number of anilines is 3. The van der Waals surface area contributed by atoms with E-state index in [-0.39, 0.29) is 17.9 Å². The summed E-state index contributed by atoms with van der Waals surface area (Å²) in [5.74, 6) is 1.16. The Kier molecular flexibility index (Phi) is 8.05. The van der Waals surface area contributed by atoms with E-state index in [9.17, 15) is 4.79 Å². The summed E-state index contributed by atoms with van der Waals surface area (Å²) >= 11 is 0. The average Bonchev–Trinajstić information content (AvgIpc) is 3.09. The second-order valence-corrected chi connectivity index (χ2v) is 11.4. The van der Waals surface area contributed by atoms with Gasteiger partial charge in [0.05, 0.1) is 18.9 Å². The molecular weight excluding hydrogens is 578 g/mol. The smallest absolute Gasteiger partial charge is 0.295 e. The lowest BCUT2D eigenvalue weighted by Gasteiger charge is -2.34. The van der Waals surface area contributed by atoms with Crippen LogP contribution < -0.4 is 20.5 Å². The molecule has 0 saturated carbocycles. The van der Waals surface area contributed by atoms with Crippen molar-refractivity contribution in [1.82, 2.24) is 34.6 Å². The molecule has 1 aliphatic rings. The summed E-state index contributed by atoms with van der Waals surface area (Å²) in [4.78, 5) is 32.4. The highest BCUT2D eigenvalue weighted by molar-refractivity contribution is 5.78. The van der Waals surface area contributed by atoms with E-state index in [0.29, 0.717) is 22.7 Å². The van der Waals surface area contributed by atoms with Gasteiger partial charge in [0.15, 0.2) is 5.75 Å². The summed E-state index contributed by atoms with van der Waals surface area (Å²) < 4.78 is 7.79. The van der Waals surface area contributed by atoms with Gasteiger partial charge < -0.3 is 19.9 Å². The highest BCUT2D eigenvalue weighted by Gasteiger charge is 2.18. The Hall–Kier alpha value is -5.68. The van der Waals surface area contributed by atoms with Crippen LogP contribution in [0.15, 0.2) is 103 Å². The number of nitrogens with zero attached hydrogens (tertiary/aromatic N) is 8. The number of hydrogen-bond acceptors (Lipinski definition) is 10. The van der Waals surface area contributed by atoms with Gasteiger partial charge in [-0.1, -0.05) is 18.2 Å². The Labute approximate surface area is 266 Å². The zero-order chi connectivity index (χ0) is 31.5. The molecule has 6 aromatic rings. The van der Waals surface area contributed by atoms with E-state index < -0.39 is 0 Å². The molecule has 1 saturated heterocycles. The molecule has 1 N–H and O–H groups in total. The molecule has 0 unspecified atom stereocenters. The van der Waals surface area contributed by atoms with Crippen LogP contribution in [0.5, 0.6) is 11.5 Å². The van der Waals surface area contributed by atoms with Gasteiger partial charge >= 0.3 is 0 Å². The maximum Gasteiger partial charge on any atom is 0.295 e. The van der Waals surface area contributed by atoms with E-state index in [2.05, 4.69) is 54.5 Å². The summed E-state index contributed by atoms with van der Waals surface area (Å²) in [6.45, 7) is 6.22. The number of ether oxygens (including phenoxy) is 1. The minimum atomic E-state index is -0.325. The molecular formula is C35H33N9O2. The number of aromatic nitrogens is 6. The Morgan fingerprint density at radius 3 is 2.41 bits per heavy atom. The molecule has 2 aromatic carbocycles. The molecule has 11 heteroatoms. The molecule has 0 radical (unpaired) electrons. The van der Waals surface area contributed by atoms with Crippen LogP contribution >= 0.6 is 0 Å². The lowest BCUT2D eigenvalue weighted by Crippen LogP contribution is -2.44. The largest absolute Gasteiger partial charge is 0.451 e. The molecule has 0 aliphatic carbocycles. The molecule has 11 nitrogen and oxygen atoms in total. The van der Waals surface area contributed by atoms with Gasteiger partial charge in [0, 0.05) is 72.7 Å². The first kappa shape index (κ1) is 29.1. The third-order valence-electron chi connectivity index (χ3n) is 8.23. The lowest BCUT2D eigenvalue weighted by atomic mass is 10.0. The fraction of sp³-hybridized carbons (Fsp3) is 0.200. The number of nitrogens with one attached hydrogen (secondary N) is 1. The van der Waals surface area contributed by atoms with E-state index in [4.69, 9.17) is 9.72 Å². The summed E-state index contributed by atoms with van der Waals surface area (Å²) in [6, 6.07) is 21.4. The molecule has 46 heavy (non-hydrogen) atoms. The number of piperazine rings is 1. The van der Waals surface area contributed by atoms with Gasteiger partial charge in [-0.25, -0.2) is 4.98 Å². The van der Waals surface area contributed by atoms with Crippen LogP contribution in [-0.4, -0.2) is 67.8 Å². The van der Waals surface area contributed by atoms with Gasteiger partial charge in [0.2, 0.25) is 5.95 Å². The molecule has 5 heterocycles. The summed E-state index contributed by atoms with van der Waals surface area (Å²) in [5.41, 5.74) is 5.65. The molecule has 230 valence electrons. The van der Waals surface area contributed by atoms with Gasteiger partial charge in [0.25, 0.3) is 5.56 Å². The van der Waals surface area contributed by atoms with Crippen LogP contribution in [0.1, 0.15) is 11.1 Å². The SMILES string of the molecule is Cc1ccccc1Oc1cc2cnc(Nc3ccc(N4CCN(C)CC4)cc3)nc2n(Cc2cnncc2-c2ccncc2)c1=O. The minimum Gasteiger partial charge on any atom is -0.451 e. The zero-order valence-corrected chi connectivity index (χ0v) is 25.7. The Balaban J connectivity index is 1.26. The van der Waals surface area contributed by atoms with Gasteiger partial charge in [0.1, 0.15) is 11.4 Å². The Morgan fingerprint density at radius 2 is 1.63 bits per heavy atom. The van der Waals surface area contributed by atoms with E-state index in [1.807, 2.05) is 55.5 Å². The van der Waals surface area contributed by atoms with Crippen molar-refractivity contribution < 1.29 is 4.74 Å². The highest BCUT2D eigenvalue weighted by Crippen LogP contribution is 2.28. The molecule has 0 atom stereocenters. The van der Waals surface area contributed by atoms with Crippen molar-refractivity contribution in [2.75, 3.05) is 43.4 Å². The van der Waals surface area contributed by atoms with E-state index in [1.165, 1.54) is 5.69 Å². The predicted octanol–water partition coefficient (Wildman–Crippen LogP) is 5.29. The molecule has 4 aromatic heterocycles. The zero-order valence-electron chi connectivity index (χ0n) is 25.7. The first-order chi connectivity index (χ1) is 22.5. The van der Waals surface area contributed by atoms with Crippen LogP contribution in [0, 0.1) is 6.92 Å². The normalized spacial score (nSPS) is 13.6. The molecule has 7 rings (SSSR count). The Morgan fingerprint density at radius 1 is 0.870 bits per heavy atom. The number of hydrogen-bond donors (Lipinski definition) is 1. The number of likely N-dealkylation sites (N-methyl/N-ethyl adjacent to an activating group) is 1.